The van der Waals surface area contributed by atoms with Gasteiger partial charge in [0.2, 0.25) is 0 Å². The van der Waals surface area contributed by atoms with Gasteiger partial charge in [-0.25, -0.2) is 4.39 Å². The second-order valence-electron chi connectivity index (χ2n) is 7.61. The van der Waals surface area contributed by atoms with Crippen molar-refractivity contribution in [3.8, 4) is 0 Å². The molecule has 4 nitrogen and oxygen atoms in total. The van der Waals surface area contributed by atoms with Crippen LogP contribution in [0.4, 0.5) is 15.8 Å². The van der Waals surface area contributed by atoms with Crippen LogP contribution in [-0.4, -0.2) is 4.92 Å². The van der Waals surface area contributed by atoms with E-state index in [1.165, 1.54) is 25.0 Å². The van der Waals surface area contributed by atoms with Crippen LogP contribution in [0.15, 0.2) is 42.5 Å². The Morgan fingerprint density at radius 2 is 1.88 bits per heavy atom. The number of nitro groups is 1. The van der Waals surface area contributed by atoms with E-state index in [1.807, 2.05) is 12.1 Å². The zero-order chi connectivity index (χ0) is 17.1. The molecule has 2 fully saturated rings. The molecular formula is C20H19FN2O2. The molecule has 0 amide bonds. The molecule has 5 rings (SSSR count). The van der Waals surface area contributed by atoms with Gasteiger partial charge in [-0.05, 0) is 60.6 Å². The third-order valence-corrected chi connectivity index (χ3v) is 6.52. The van der Waals surface area contributed by atoms with Gasteiger partial charge in [-0.1, -0.05) is 18.2 Å². The molecule has 0 unspecified atom stereocenters. The Balaban J connectivity index is 1.65. The summed E-state index contributed by atoms with van der Waals surface area (Å²) in [6.45, 7) is 0. The van der Waals surface area contributed by atoms with Crippen LogP contribution in [0.2, 0.25) is 0 Å². The number of nitrogens with one attached hydrogen (secondary N) is 1. The lowest BCUT2D eigenvalue weighted by Gasteiger charge is -2.43. The van der Waals surface area contributed by atoms with Crippen LogP contribution in [-0.2, 0) is 0 Å². The maximum absolute atomic E-state index is 14.5. The van der Waals surface area contributed by atoms with Gasteiger partial charge in [0.15, 0.2) is 0 Å². The molecule has 0 spiro atoms. The molecule has 2 bridgehead atoms. The third kappa shape index (κ3) is 2.11. The minimum Gasteiger partial charge on any atom is -0.378 e. The minimum absolute atomic E-state index is 0.0598. The van der Waals surface area contributed by atoms with Crippen LogP contribution < -0.4 is 5.32 Å². The predicted molar refractivity (Wildman–Crippen MR) is 92.9 cm³/mol. The molecule has 5 atom stereocenters. The predicted octanol–water partition coefficient (Wildman–Crippen LogP) is 5.03. The lowest BCUT2D eigenvalue weighted by Crippen LogP contribution is -2.35. The van der Waals surface area contributed by atoms with E-state index in [0.29, 0.717) is 29.2 Å². The summed E-state index contributed by atoms with van der Waals surface area (Å²) in [4.78, 5) is 10.9. The number of nitro benzene ring substituents is 1. The van der Waals surface area contributed by atoms with E-state index in [1.54, 1.807) is 18.2 Å². The molecule has 0 aromatic heterocycles. The molecule has 2 aromatic carbocycles. The van der Waals surface area contributed by atoms with Crippen molar-refractivity contribution in [2.24, 2.45) is 17.8 Å². The Morgan fingerprint density at radius 1 is 1.08 bits per heavy atom. The Labute approximate surface area is 145 Å². The summed E-state index contributed by atoms with van der Waals surface area (Å²) in [5.74, 6) is 1.56. The summed E-state index contributed by atoms with van der Waals surface area (Å²) in [6, 6.07) is 12.0. The Hall–Kier alpha value is -2.43. The molecule has 25 heavy (non-hydrogen) atoms. The van der Waals surface area contributed by atoms with Gasteiger partial charge in [0.1, 0.15) is 5.82 Å². The zero-order valence-electron chi connectivity index (χ0n) is 13.7. The Morgan fingerprint density at radius 3 is 2.68 bits per heavy atom. The second-order valence-corrected chi connectivity index (χ2v) is 7.61. The quantitative estimate of drug-likeness (QED) is 0.617. The second kappa shape index (κ2) is 5.28. The first-order valence-electron chi connectivity index (χ1n) is 8.93. The number of nitrogens with zero attached hydrogens (tertiary/aromatic N) is 1. The summed E-state index contributed by atoms with van der Waals surface area (Å²) >= 11 is 0. The number of hydrogen-bond donors (Lipinski definition) is 1. The van der Waals surface area contributed by atoms with E-state index >= 15 is 0 Å². The molecule has 2 aromatic rings. The van der Waals surface area contributed by atoms with Gasteiger partial charge in [-0.3, -0.25) is 10.1 Å². The van der Waals surface area contributed by atoms with Crippen LogP contribution in [0.1, 0.15) is 42.3 Å². The average molecular weight is 338 g/mol. The highest BCUT2D eigenvalue weighted by Crippen LogP contribution is 2.64. The first-order valence-corrected chi connectivity index (χ1v) is 8.93. The van der Waals surface area contributed by atoms with Crippen molar-refractivity contribution in [2.45, 2.75) is 31.2 Å². The van der Waals surface area contributed by atoms with Crippen molar-refractivity contribution in [3.05, 3.63) is 69.5 Å². The fourth-order valence-electron chi connectivity index (χ4n) is 5.62. The van der Waals surface area contributed by atoms with E-state index in [-0.39, 0.29) is 22.5 Å². The molecule has 0 radical (unpaired) electrons. The maximum atomic E-state index is 14.5. The van der Waals surface area contributed by atoms with Crippen LogP contribution in [0.3, 0.4) is 0 Å². The van der Waals surface area contributed by atoms with E-state index < -0.39 is 0 Å². The summed E-state index contributed by atoms with van der Waals surface area (Å²) in [7, 11) is 0. The summed E-state index contributed by atoms with van der Waals surface area (Å²) in [5.41, 5.74) is 2.84. The SMILES string of the molecule is O=[N+]([O-])c1ccc2c(c1)[C@H]1[C@H]3CC[C@@H](C3)[C@H]1[C@@H](c1ccccc1F)N2. The monoisotopic (exact) mass is 338 g/mol. The highest BCUT2D eigenvalue weighted by atomic mass is 19.1. The Kier molecular flexibility index (Phi) is 3.14. The van der Waals surface area contributed by atoms with E-state index in [4.69, 9.17) is 0 Å². The molecule has 1 aliphatic heterocycles. The van der Waals surface area contributed by atoms with Gasteiger partial charge in [-0.15, -0.1) is 0 Å². The lowest BCUT2D eigenvalue weighted by molar-refractivity contribution is -0.384. The minimum atomic E-state index is -0.328. The van der Waals surface area contributed by atoms with Crippen molar-refractivity contribution < 1.29 is 9.31 Å². The first kappa shape index (κ1) is 14.9. The van der Waals surface area contributed by atoms with Gasteiger partial charge in [0.25, 0.3) is 5.69 Å². The van der Waals surface area contributed by atoms with Gasteiger partial charge in [0, 0.05) is 23.4 Å². The lowest BCUT2D eigenvalue weighted by atomic mass is 9.68. The van der Waals surface area contributed by atoms with Crippen molar-refractivity contribution in [1.82, 2.24) is 0 Å². The number of rotatable bonds is 2. The van der Waals surface area contributed by atoms with Gasteiger partial charge >= 0.3 is 0 Å². The molecule has 1 heterocycles. The molecule has 0 saturated heterocycles. The summed E-state index contributed by atoms with van der Waals surface area (Å²) in [5, 5.41) is 14.7. The average Bonchev–Trinajstić information content (AvgIpc) is 3.23. The number of anilines is 1. The van der Waals surface area contributed by atoms with Crippen LogP contribution in [0, 0.1) is 33.7 Å². The van der Waals surface area contributed by atoms with E-state index in [9.17, 15) is 14.5 Å². The van der Waals surface area contributed by atoms with Gasteiger partial charge in [0.05, 0.1) is 11.0 Å². The van der Waals surface area contributed by atoms with Crippen molar-refractivity contribution in [3.63, 3.8) is 0 Å². The fraction of sp³-hybridized carbons (Fsp3) is 0.400. The summed E-state index contributed by atoms with van der Waals surface area (Å²) in [6.07, 6.45) is 3.52. The molecule has 128 valence electrons. The molecule has 1 N–H and O–H groups in total. The third-order valence-electron chi connectivity index (χ3n) is 6.52. The smallest absolute Gasteiger partial charge is 0.269 e. The van der Waals surface area contributed by atoms with Crippen LogP contribution in [0.25, 0.3) is 0 Å². The fourth-order valence-corrected chi connectivity index (χ4v) is 5.62. The standard InChI is InChI=1S/C20H19FN2O2/c21-16-4-2-1-3-14(16)20-19-12-6-5-11(9-12)18(19)15-10-13(23(24)25)7-8-17(15)22-20/h1-4,7-8,10-12,18-20,22H,5-6,9H2/t11-,12-,18+,19+,20+/m0/s1. The number of hydrogen-bond acceptors (Lipinski definition) is 3. The molecule has 5 heteroatoms. The van der Waals surface area contributed by atoms with Crippen molar-refractivity contribution in [1.29, 1.82) is 0 Å². The van der Waals surface area contributed by atoms with Crippen LogP contribution in [0.5, 0.6) is 0 Å². The number of benzene rings is 2. The molecule has 3 aliphatic rings. The van der Waals surface area contributed by atoms with Crippen LogP contribution >= 0.6 is 0 Å². The van der Waals surface area contributed by atoms with Crippen molar-refractivity contribution >= 4 is 11.4 Å². The van der Waals surface area contributed by atoms with Gasteiger partial charge < -0.3 is 5.32 Å². The van der Waals surface area contributed by atoms with E-state index in [2.05, 4.69) is 5.32 Å². The topological polar surface area (TPSA) is 55.2 Å². The van der Waals surface area contributed by atoms with Gasteiger partial charge in [-0.2, -0.15) is 0 Å². The highest BCUT2D eigenvalue weighted by Gasteiger charge is 2.54. The highest BCUT2D eigenvalue weighted by molar-refractivity contribution is 5.62. The van der Waals surface area contributed by atoms with E-state index in [0.717, 1.165) is 17.7 Å². The summed E-state index contributed by atoms with van der Waals surface area (Å²) < 4.78 is 14.5. The number of fused-ring (bicyclic) bond motifs is 7. The molecule has 2 aliphatic carbocycles. The molecule has 2 saturated carbocycles. The number of non-ortho nitro benzene ring substituents is 1. The maximum Gasteiger partial charge on any atom is 0.269 e. The number of halogens is 1. The first-order chi connectivity index (χ1) is 12.1. The molecular weight excluding hydrogens is 319 g/mol. The Bertz CT molecular complexity index is 869. The van der Waals surface area contributed by atoms with Crippen molar-refractivity contribution in [2.75, 3.05) is 5.32 Å². The normalized spacial score (nSPS) is 32.0. The largest absolute Gasteiger partial charge is 0.378 e. The zero-order valence-corrected chi connectivity index (χ0v) is 13.7.